The van der Waals surface area contributed by atoms with Crippen LogP contribution in [0.3, 0.4) is 0 Å². The number of aromatic amines is 2. The molecule has 0 aliphatic rings. The summed E-state index contributed by atoms with van der Waals surface area (Å²) >= 11 is 1.82. The summed E-state index contributed by atoms with van der Waals surface area (Å²) in [6, 6.07) is 22.9. The van der Waals surface area contributed by atoms with Gasteiger partial charge in [-0.2, -0.15) is 0 Å². The van der Waals surface area contributed by atoms with Crippen molar-refractivity contribution in [3.05, 3.63) is 109 Å². The maximum absolute atomic E-state index is 12.0. The van der Waals surface area contributed by atoms with Crippen LogP contribution in [0.1, 0.15) is 11.1 Å². The Labute approximate surface area is 187 Å². The van der Waals surface area contributed by atoms with Crippen LogP contribution in [0.15, 0.2) is 76.3 Å². The smallest absolute Gasteiger partial charge is 0.262 e. The minimum absolute atomic E-state index is 0.0646. The van der Waals surface area contributed by atoms with Gasteiger partial charge in [-0.25, -0.2) is 0 Å². The summed E-state index contributed by atoms with van der Waals surface area (Å²) in [5.41, 5.74) is 2.37. The Morgan fingerprint density at radius 1 is 0.906 bits per heavy atom. The standard InChI is InChI=1S/C26H21N3O2S/c1-16-27-25(30)22(26(31)28-16)13-17-7-10-19(11-8-17)29(2)15-18-9-12-24-21(14-18)20-5-3-4-6-23(20)32-24/h3-14H,1,15H2,2H3,(H,27,30)(H,28,31). The van der Waals surface area contributed by atoms with E-state index in [2.05, 4.69) is 71.0 Å². The van der Waals surface area contributed by atoms with Gasteiger partial charge in [0.15, 0.2) is 0 Å². The van der Waals surface area contributed by atoms with E-state index in [-0.39, 0.29) is 10.7 Å². The fourth-order valence-electron chi connectivity index (χ4n) is 3.90. The number of hydrogen-bond acceptors (Lipinski definition) is 4. The molecule has 0 unspecified atom stereocenters. The van der Waals surface area contributed by atoms with Crippen molar-refractivity contribution in [3.8, 4) is 0 Å². The van der Waals surface area contributed by atoms with Crippen molar-refractivity contribution in [2.75, 3.05) is 11.9 Å². The molecule has 5 rings (SSSR count). The predicted octanol–water partition coefficient (Wildman–Crippen LogP) is 3.31. The number of hydrogen-bond donors (Lipinski definition) is 2. The molecule has 3 aromatic carbocycles. The van der Waals surface area contributed by atoms with Crippen LogP contribution in [0.2, 0.25) is 0 Å². The quantitative estimate of drug-likeness (QED) is 0.452. The van der Waals surface area contributed by atoms with Gasteiger partial charge in [0, 0.05) is 39.5 Å². The third kappa shape index (κ3) is 3.76. The van der Waals surface area contributed by atoms with Crippen molar-refractivity contribution in [3.63, 3.8) is 0 Å². The molecule has 2 N–H and O–H groups in total. The summed E-state index contributed by atoms with van der Waals surface area (Å²) in [6.07, 6.45) is 1.58. The van der Waals surface area contributed by atoms with E-state index in [4.69, 9.17) is 0 Å². The topological polar surface area (TPSA) is 69.0 Å². The molecular weight excluding hydrogens is 418 g/mol. The lowest BCUT2D eigenvalue weighted by molar-refractivity contribution is 0.925. The minimum Gasteiger partial charge on any atom is -0.370 e. The zero-order valence-electron chi connectivity index (χ0n) is 17.5. The van der Waals surface area contributed by atoms with Gasteiger partial charge in [0.05, 0.1) is 0 Å². The first-order valence-corrected chi connectivity index (χ1v) is 11.0. The molecular formula is C26H21N3O2S. The van der Waals surface area contributed by atoms with Gasteiger partial charge in [-0.3, -0.25) is 9.59 Å². The second kappa shape index (κ2) is 7.98. The number of anilines is 1. The van der Waals surface area contributed by atoms with Gasteiger partial charge >= 0.3 is 0 Å². The van der Waals surface area contributed by atoms with Gasteiger partial charge in [0.2, 0.25) is 0 Å². The summed E-state index contributed by atoms with van der Waals surface area (Å²) in [7, 11) is 2.05. The van der Waals surface area contributed by atoms with Crippen molar-refractivity contribution in [1.82, 2.24) is 9.97 Å². The summed E-state index contributed by atoms with van der Waals surface area (Å²) in [5.74, 6) is 0. The molecule has 0 radical (unpaired) electrons. The molecule has 0 fully saturated rings. The number of H-pyrrole nitrogens is 2. The van der Waals surface area contributed by atoms with E-state index >= 15 is 0 Å². The van der Waals surface area contributed by atoms with Crippen LogP contribution in [0.25, 0.3) is 32.8 Å². The molecule has 0 saturated heterocycles. The first-order valence-electron chi connectivity index (χ1n) is 10.2. The van der Waals surface area contributed by atoms with Gasteiger partial charge in [0.25, 0.3) is 11.1 Å². The fourth-order valence-corrected chi connectivity index (χ4v) is 4.99. The van der Waals surface area contributed by atoms with E-state index < -0.39 is 11.1 Å². The molecule has 0 bridgehead atoms. The average molecular weight is 440 g/mol. The molecule has 6 heteroatoms. The van der Waals surface area contributed by atoms with Crippen LogP contribution in [-0.4, -0.2) is 17.0 Å². The van der Waals surface area contributed by atoms with Crippen molar-refractivity contribution in [1.29, 1.82) is 0 Å². The number of benzene rings is 3. The lowest BCUT2D eigenvalue weighted by Gasteiger charge is -2.19. The van der Waals surface area contributed by atoms with Gasteiger partial charge in [0.1, 0.15) is 10.7 Å². The van der Waals surface area contributed by atoms with Crippen LogP contribution < -0.4 is 26.7 Å². The summed E-state index contributed by atoms with van der Waals surface area (Å²) < 4.78 is 2.61. The van der Waals surface area contributed by atoms with Crippen LogP contribution in [0, 0.1) is 0 Å². The summed E-state index contributed by atoms with van der Waals surface area (Å²) in [6.45, 7) is 4.33. The molecule has 0 saturated carbocycles. The molecule has 0 atom stereocenters. The molecule has 2 aromatic heterocycles. The second-order valence-electron chi connectivity index (χ2n) is 7.82. The van der Waals surface area contributed by atoms with Gasteiger partial charge in [-0.1, -0.05) is 43.0 Å². The number of rotatable bonds is 4. The Morgan fingerprint density at radius 3 is 2.34 bits per heavy atom. The Balaban J connectivity index is 1.41. The van der Waals surface area contributed by atoms with Gasteiger partial charge in [-0.15, -0.1) is 11.3 Å². The highest BCUT2D eigenvalue weighted by Gasteiger charge is 2.08. The van der Waals surface area contributed by atoms with E-state index in [1.54, 1.807) is 6.08 Å². The molecule has 0 spiro atoms. The minimum atomic E-state index is -0.448. The largest absolute Gasteiger partial charge is 0.370 e. The maximum atomic E-state index is 12.0. The SMILES string of the molecule is C=c1[nH]c(=O)c(=Cc2ccc(N(C)Cc3ccc4sc5ccccc5c4c3)cc2)c(=O)[nH]1. The predicted molar refractivity (Wildman–Crippen MR) is 134 cm³/mol. The fraction of sp³-hybridized carbons (Fsp3) is 0.0769. The van der Waals surface area contributed by atoms with Crippen LogP contribution in [0.4, 0.5) is 5.69 Å². The third-order valence-electron chi connectivity index (χ3n) is 5.52. The van der Waals surface area contributed by atoms with E-state index in [1.807, 2.05) is 35.6 Å². The number of thiophene rings is 1. The summed E-state index contributed by atoms with van der Waals surface area (Å²) in [5, 5.41) is 2.66. The Bertz CT molecular complexity index is 1640. The average Bonchev–Trinajstić information content (AvgIpc) is 3.15. The lowest BCUT2D eigenvalue weighted by Crippen LogP contribution is -2.47. The molecule has 2 heterocycles. The van der Waals surface area contributed by atoms with E-state index in [0.717, 1.165) is 17.8 Å². The summed E-state index contributed by atoms with van der Waals surface area (Å²) in [4.78, 5) is 31.3. The van der Waals surface area contributed by atoms with Gasteiger partial charge < -0.3 is 14.9 Å². The Hall–Kier alpha value is -3.90. The molecule has 0 aliphatic carbocycles. The Morgan fingerprint density at radius 2 is 1.59 bits per heavy atom. The zero-order chi connectivity index (χ0) is 22.2. The third-order valence-corrected chi connectivity index (χ3v) is 6.68. The van der Waals surface area contributed by atoms with E-state index in [1.165, 1.54) is 25.7 Å². The van der Waals surface area contributed by atoms with Crippen LogP contribution >= 0.6 is 11.3 Å². The Kier molecular flexibility index (Phi) is 4.99. The number of fused-ring (bicyclic) bond motifs is 3. The van der Waals surface area contributed by atoms with Crippen molar-refractivity contribution < 1.29 is 0 Å². The lowest BCUT2D eigenvalue weighted by atomic mass is 10.1. The van der Waals surface area contributed by atoms with Crippen LogP contribution in [-0.2, 0) is 6.54 Å². The maximum Gasteiger partial charge on any atom is 0.262 e. The molecule has 0 aliphatic heterocycles. The highest BCUT2D eigenvalue weighted by Crippen LogP contribution is 2.34. The molecule has 0 amide bonds. The van der Waals surface area contributed by atoms with Crippen molar-refractivity contribution in [2.45, 2.75) is 6.54 Å². The first kappa shape index (κ1) is 20.0. The second-order valence-corrected chi connectivity index (χ2v) is 8.90. The number of nitrogens with one attached hydrogen (secondary N) is 2. The highest BCUT2D eigenvalue weighted by molar-refractivity contribution is 7.25. The van der Waals surface area contributed by atoms with Gasteiger partial charge in [-0.05, 0) is 47.5 Å². The van der Waals surface area contributed by atoms with Crippen molar-refractivity contribution in [2.24, 2.45) is 0 Å². The molecule has 5 aromatic rings. The number of nitrogens with zero attached hydrogens (tertiary/aromatic N) is 1. The zero-order valence-corrected chi connectivity index (χ0v) is 18.3. The molecule has 158 valence electrons. The van der Waals surface area contributed by atoms with E-state index in [0.29, 0.717) is 0 Å². The monoisotopic (exact) mass is 439 g/mol. The number of aromatic nitrogens is 2. The highest BCUT2D eigenvalue weighted by atomic mass is 32.1. The molecule has 32 heavy (non-hydrogen) atoms. The first-order chi connectivity index (χ1) is 15.5. The van der Waals surface area contributed by atoms with E-state index in [9.17, 15) is 9.59 Å². The normalized spacial score (nSPS) is 11.2. The molecule has 5 nitrogen and oxygen atoms in total. The van der Waals surface area contributed by atoms with Crippen LogP contribution in [0.5, 0.6) is 0 Å². The van der Waals surface area contributed by atoms with Crippen molar-refractivity contribution >= 4 is 49.9 Å².